The predicted octanol–water partition coefficient (Wildman–Crippen LogP) is 3.55. The summed E-state index contributed by atoms with van der Waals surface area (Å²) in [6.45, 7) is 2.93. The van der Waals surface area contributed by atoms with Crippen LogP contribution in [0.25, 0.3) is 0 Å². The molecule has 0 amide bonds. The Balaban J connectivity index is 1.98. The molecule has 0 bridgehead atoms. The summed E-state index contributed by atoms with van der Waals surface area (Å²) >= 11 is 0. The fourth-order valence-electron chi connectivity index (χ4n) is 2.12. The Morgan fingerprint density at radius 3 is 2.30 bits per heavy atom. The lowest BCUT2D eigenvalue weighted by atomic mass is 10.1. The summed E-state index contributed by atoms with van der Waals surface area (Å²) in [5.41, 5.74) is 2.40. The Morgan fingerprint density at radius 1 is 0.950 bits per heavy atom. The van der Waals surface area contributed by atoms with Gasteiger partial charge in [0.05, 0.1) is 14.2 Å². The van der Waals surface area contributed by atoms with Gasteiger partial charge in [-0.25, -0.2) is 0 Å². The van der Waals surface area contributed by atoms with E-state index in [4.69, 9.17) is 9.47 Å². The van der Waals surface area contributed by atoms with Crippen molar-refractivity contribution in [2.75, 3.05) is 14.2 Å². The zero-order valence-corrected chi connectivity index (χ0v) is 12.2. The number of ether oxygens (including phenoxy) is 2. The van der Waals surface area contributed by atoms with Gasteiger partial charge in [0, 0.05) is 18.2 Å². The Morgan fingerprint density at radius 2 is 1.65 bits per heavy atom. The van der Waals surface area contributed by atoms with E-state index in [1.165, 1.54) is 5.56 Å². The highest BCUT2D eigenvalue weighted by Crippen LogP contribution is 2.20. The molecular formula is C17H21NO2. The van der Waals surface area contributed by atoms with Gasteiger partial charge < -0.3 is 14.8 Å². The van der Waals surface area contributed by atoms with Crippen LogP contribution in [-0.2, 0) is 6.54 Å². The number of rotatable bonds is 6. The molecule has 20 heavy (non-hydrogen) atoms. The Labute approximate surface area is 120 Å². The van der Waals surface area contributed by atoms with Gasteiger partial charge in [-0.3, -0.25) is 0 Å². The summed E-state index contributed by atoms with van der Waals surface area (Å²) in [5.74, 6) is 1.80. The predicted molar refractivity (Wildman–Crippen MR) is 81.2 cm³/mol. The second-order valence-corrected chi connectivity index (χ2v) is 4.69. The van der Waals surface area contributed by atoms with Crippen molar-refractivity contribution >= 4 is 0 Å². The molecule has 0 aromatic heterocycles. The van der Waals surface area contributed by atoms with E-state index in [-0.39, 0.29) is 6.04 Å². The number of methoxy groups -OCH3 is 2. The molecule has 1 N–H and O–H groups in total. The first-order valence-electron chi connectivity index (χ1n) is 6.74. The van der Waals surface area contributed by atoms with Crippen molar-refractivity contribution < 1.29 is 9.47 Å². The van der Waals surface area contributed by atoms with E-state index in [2.05, 4.69) is 30.4 Å². The third kappa shape index (κ3) is 3.52. The molecule has 3 nitrogen and oxygen atoms in total. The molecule has 0 aliphatic carbocycles. The van der Waals surface area contributed by atoms with Gasteiger partial charge in [0.15, 0.2) is 0 Å². The number of benzene rings is 2. The van der Waals surface area contributed by atoms with Gasteiger partial charge in [-0.15, -0.1) is 0 Å². The van der Waals surface area contributed by atoms with Crippen LogP contribution in [0.1, 0.15) is 24.1 Å². The van der Waals surface area contributed by atoms with Crippen LogP contribution in [-0.4, -0.2) is 14.2 Å². The van der Waals surface area contributed by atoms with Crippen LogP contribution in [0.5, 0.6) is 11.5 Å². The van der Waals surface area contributed by atoms with Crippen molar-refractivity contribution in [1.82, 2.24) is 5.32 Å². The molecule has 0 aliphatic heterocycles. The summed E-state index contributed by atoms with van der Waals surface area (Å²) in [6.07, 6.45) is 0. The van der Waals surface area contributed by atoms with E-state index in [0.717, 1.165) is 23.6 Å². The third-order valence-electron chi connectivity index (χ3n) is 3.41. The summed E-state index contributed by atoms with van der Waals surface area (Å²) in [6, 6.07) is 16.5. The molecule has 2 aromatic rings. The summed E-state index contributed by atoms with van der Waals surface area (Å²) in [5, 5.41) is 3.51. The lowest BCUT2D eigenvalue weighted by molar-refractivity contribution is 0.406. The van der Waals surface area contributed by atoms with E-state index in [0.29, 0.717) is 0 Å². The van der Waals surface area contributed by atoms with Crippen molar-refractivity contribution in [3.8, 4) is 11.5 Å². The highest BCUT2D eigenvalue weighted by Gasteiger charge is 2.07. The molecule has 0 spiro atoms. The first-order chi connectivity index (χ1) is 9.74. The molecule has 0 fully saturated rings. The van der Waals surface area contributed by atoms with E-state index in [1.807, 2.05) is 30.3 Å². The minimum absolute atomic E-state index is 0.269. The lowest BCUT2D eigenvalue weighted by Gasteiger charge is -2.16. The van der Waals surface area contributed by atoms with Gasteiger partial charge in [0.1, 0.15) is 11.5 Å². The fraction of sp³-hybridized carbons (Fsp3) is 0.294. The maximum atomic E-state index is 5.36. The first-order valence-corrected chi connectivity index (χ1v) is 6.74. The van der Waals surface area contributed by atoms with Crippen molar-refractivity contribution in [3.63, 3.8) is 0 Å². The number of hydrogen-bond donors (Lipinski definition) is 1. The standard InChI is InChI=1S/C17H21NO2/c1-13(14-8-10-16(19-2)11-9-14)18-12-15-6-4-5-7-17(15)20-3/h4-11,13,18H,12H2,1-3H3/t13-/m0/s1. The average molecular weight is 271 g/mol. The molecule has 106 valence electrons. The van der Waals surface area contributed by atoms with Gasteiger partial charge in [-0.2, -0.15) is 0 Å². The third-order valence-corrected chi connectivity index (χ3v) is 3.41. The molecule has 0 heterocycles. The topological polar surface area (TPSA) is 30.5 Å². The number of nitrogens with one attached hydrogen (secondary N) is 1. The zero-order valence-electron chi connectivity index (χ0n) is 12.2. The van der Waals surface area contributed by atoms with Gasteiger partial charge >= 0.3 is 0 Å². The van der Waals surface area contributed by atoms with E-state index < -0.39 is 0 Å². The SMILES string of the molecule is COc1ccc([C@H](C)NCc2ccccc2OC)cc1. The van der Waals surface area contributed by atoms with Crippen LogP contribution < -0.4 is 14.8 Å². The van der Waals surface area contributed by atoms with Gasteiger partial charge in [0.25, 0.3) is 0 Å². The maximum absolute atomic E-state index is 5.36. The Hall–Kier alpha value is -2.00. The summed E-state index contributed by atoms with van der Waals surface area (Å²) in [7, 11) is 3.38. The van der Waals surface area contributed by atoms with Crippen molar-refractivity contribution in [1.29, 1.82) is 0 Å². The smallest absolute Gasteiger partial charge is 0.123 e. The molecular weight excluding hydrogens is 250 g/mol. The molecule has 2 aromatic carbocycles. The summed E-state index contributed by atoms with van der Waals surface area (Å²) in [4.78, 5) is 0. The van der Waals surface area contributed by atoms with E-state index >= 15 is 0 Å². The highest BCUT2D eigenvalue weighted by atomic mass is 16.5. The largest absolute Gasteiger partial charge is 0.497 e. The Kier molecular flexibility index (Phi) is 5.02. The number of para-hydroxylation sites is 1. The van der Waals surface area contributed by atoms with Crippen LogP contribution in [0.2, 0.25) is 0 Å². The van der Waals surface area contributed by atoms with Crippen molar-refractivity contribution in [2.45, 2.75) is 19.5 Å². The molecule has 0 radical (unpaired) electrons. The molecule has 2 rings (SSSR count). The Bertz CT molecular complexity index is 537. The maximum Gasteiger partial charge on any atom is 0.123 e. The zero-order chi connectivity index (χ0) is 14.4. The van der Waals surface area contributed by atoms with Crippen molar-refractivity contribution in [3.05, 3.63) is 59.7 Å². The summed E-state index contributed by atoms with van der Waals surface area (Å²) < 4.78 is 10.5. The normalized spacial score (nSPS) is 11.9. The fourth-order valence-corrected chi connectivity index (χ4v) is 2.12. The molecule has 0 saturated carbocycles. The molecule has 1 atom stereocenters. The molecule has 0 unspecified atom stereocenters. The highest BCUT2D eigenvalue weighted by molar-refractivity contribution is 5.33. The van der Waals surface area contributed by atoms with Crippen LogP contribution in [0, 0.1) is 0 Å². The van der Waals surface area contributed by atoms with Gasteiger partial charge in [0.2, 0.25) is 0 Å². The molecule has 0 aliphatic rings. The van der Waals surface area contributed by atoms with E-state index in [9.17, 15) is 0 Å². The van der Waals surface area contributed by atoms with Gasteiger partial charge in [-0.1, -0.05) is 30.3 Å². The van der Waals surface area contributed by atoms with Gasteiger partial charge in [-0.05, 0) is 30.7 Å². The van der Waals surface area contributed by atoms with Crippen LogP contribution in [0.3, 0.4) is 0 Å². The second-order valence-electron chi connectivity index (χ2n) is 4.69. The van der Waals surface area contributed by atoms with Crippen LogP contribution in [0.15, 0.2) is 48.5 Å². The minimum atomic E-state index is 0.269. The van der Waals surface area contributed by atoms with E-state index in [1.54, 1.807) is 14.2 Å². The average Bonchev–Trinajstić information content (AvgIpc) is 2.53. The second kappa shape index (κ2) is 6.96. The quantitative estimate of drug-likeness (QED) is 0.871. The first kappa shape index (κ1) is 14.4. The monoisotopic (exact) mass is 271 g/mol. The lowest BCUT2D eigenvalue weighted by Crippen LogP contribution is -2.18. The molecule has 3 heteroatoms. The number of hydrogen-bond acceptors (Lipinski definition) is 3. The van der Waals surface area contributed by atoms with Crippen molar-refractivity contribution in [2.24, 2.45) is 0 Å². The van der Waals surface area contributed by atoms with Crippen LogP contribution in [0.4, 0.5) is 0 Å². The molecule has 0 saturated heterocycles. The van der Waals surface area contributed by atoms with Crippen LogP contribution >= 0.6 is 0 Å². The minimum Gasteiger partial charge on any atom is -0.497 e.